The number of hydrogen-bond acceptors (Lipinski definition) is 4. The largest absolute Gasteiger partial charge is 0.450 e. The van der Waals surface area contributed by atoms with E-state index in [-0.39, 0.29) is 17.0 Å². The maximum Gasteiger partial charge on any atom is 0.312 e. The van der Waals surface area contributed by atoms with Gasteiger partial charge in [0.1, 0.15) is 5.75 Å². The molecule has 0 saturated heterocycles. The molecule has 0 amide bonds. The topological polar surface area (TPSA) is 76.2 Å². The summed E-state index contributed by atoms with van der Waals surface area (Å²) in [6, 6.07) is 11.0. The first-order chi connectivity index (χ1) is 10.0. The van der Waals surface area contributed by atoms with Gasteiger partial charge in [-0.15, -0.1) is 0 Å². The summed E-state index contributed by atoms with van der Waals surface area (Å²) in [5.74, 6) is 0.549. The number of nitrogens with zero attached hydrogens (tertiary/aromatic N) is 2. The van der Waals surface area contributed by atoms with E-state index in [2.05, 4.69) is 0 Å². The van der Waals surface area contributed by atoms with Crippen molar-refractivity contribution >= 4 is 17.3 Å². The lowest BCUT2D eigenvalue weighted by molar-refractivity contribution is -0.385. The predicted octanol–water partition coefficient (Wildman–Crippen LogP) is 4.47. The van der Waals surface area contributed by atoms with Gasteiger partial charge in [0.25, 0.3) is 0 Å². The molecule has 0 bridgehead atoms. The van der Waals surface area contributed by atoms with Gasteiger partial charge in [0.2, 0.25) is 5.75 Å². The molecular weight excluding hydrogens is 292 g/mol. The summed E-state index contributed by atoms with van der Waals surface area (Å²) in [7, 11) is 0. The maximum atomic E-state index is 11.1. The second-order valence-corrected chi connectivity index (χ2v) is 4.67. The van der Waals surface area contributed by atoms with Crippen LogP contribution in [0.25, 0.3) is 0 Å². The standard InChI is InChI=1S/C15H11ClN2O3/c1-2-11-8-12(4-5-13(11)16)21-15-6-3-10(9-17)7-14(15)18(19)20/h3-8H,2H2,1H3. The van der Waals surface area contributed by atoms with Gasteiger partial charge in [-0.3, -0.25) is 10.1 Å². The molecule has 2 rings (SSSR count). The number of nitriles is 1. The highest BCUT2D eigenvalue weighted by Crippen LogP contribution is 2.33. The van der Waals surface area contributed by atoms with Crippen molar-refractivity contribution in [3.05, 3.63) is 62.7 Å². The Kier molecular flexibility index (Phi) is 4.41. The van der Waals surface area contributed by atoms with Crippen LogP contribution in [0.15, 0.2) is 36.4 Å². The molecule has 21 heavy (non-hydrogen) atoms. The van der Waals surface area contributed by atoms with Crippen LogP contribution in [0.4, 0.5) is 5.69 Å². The van der Waals surface area contributed by atoms with Crippen LogP contribution in [0.2, 0.25) is 5.02 Å². The minimum atomic E-state index is -0.577. The number of nitro groups is 1. The maximum absolute atomic E-state index is 11.1. The van der Waals surface area contributed by atoms with Gasteiger partial charge in [-0.25, -0.2) is 0 Å². The summed E-state index contributed by atoms with van der Waals surface area (Å²) in [5, 5.41) is 20.5. The Labute approximate surface area is 126 Å². The molecule has 106 valence electrons. The molecule has 0 aromatic heterocycles. The third kappa shape index (κ3) is 3.30. The second-order valence-electron chi connectivity index (χ2n) is 4.26. The Hall–Kier alpha value is -2.58. The molecule has 0 spiro atoms. The summed E-state index contributed by atoms with van der Waals surface area (Å²) in [6.45, 7) is 1.95. The van der Waals surface area contributed by atoms with Crippen molar-refractivity contribution in [1.82, 2.24) is 0 Å². The van der Waals surface area contributed by atoms with E-state index < -0.39 is 4.92 Å². The molecule has 0 unspecified atom stereocenters. The summed E-state index contributed by atoms with van der Waals surface area (Å²) in [5.41, 5.74) is 0.854. The third-order valence-corrected chi connectivity index (χ3v) is 3.28. The number of nitro benzene ring substituents is 1. The highest BCUT2D eigenvalue weighted by atomic mass is 35.5. The number of hydrogen-bond donors (Lipinski definition) is 0. The zero-order valence-electron chi connectivity index (χ0n) is 11.2. The summed E-state index contributed by atoms with van der Waals surface area (Å²) < 4.78 is 5.56. The van der Waals surface area contributed by atoms with Crippen LogP contribution < -0.4 is 4.74 Å². The number of aryl methyl sites for hydroxylation is 1. The molecule has 0 radical (unpaired) electrons. The van der Waals surface area contributed by atoms with E-state index in [1.54, 1.807) is 18.2 Å². The minimum Gasteiger partial charge on any atom is -0.450 e. The van der Waals surface area contributed by atoms with Crippen molar-refractivity contribution in [2.75, 3.05) is 0 Å². The van der Waals surface area contributed by atoms with Crippen LogP contribution in [0.3, 0.4) is 0 Å². The van der Waals surface area contributed by atoms with Gasteiger partial charge in [0.05, 0.1) is 16.6 Å². The third-order valence-electron chi connectivity index (χ3n) is 2.91. The number of benzene rings is 2. The quantitative estimate of drug-likeness (QED) is 0.616. The van der Waals surface area contributed by atoms with E-state index in [1.165, 1.54) is 18.2 Å². The van der Waals surface area contributed by atoms with Crippen molar-refractivity contribution in [3.63, 3.8) is 0 Å². The van der Waals surface area contributed by atoms with Gasteiger partial charge in [-0.1, -0.05) is 18.5 Å². The zero-order valence-corrected chi connectivity index (χ0v) is 11.9. The average molecular weight is 303 g/mol. The first-order valence-corrected chi connectivity index (χ1v) is 6.57. The molecule has 0 aliphatic rings. The van der Waals surface area contributed by atoms with Crippen LogP contribution >= 0.6 is 11.6 Å². The van der Waals surface area contributed by atoms with Crippen LogP contribution in [-0.2, 0) is 6.42 Å². The van der Waals surface area contributed by atoms with Crippen molar-refractivity contribution in [2.45, 2.75) is 13.3 Å². The predicted molar refractivity (Wildman–Crippen MR) is 78.7 cm³/mol. The number of ether oxygens (including phenoxy) is 1. The van der Waals surface area contributed by atoms with Crippen LogP contribution in [0, 0.1) is 21.4 Å². The van der Waals surface area contributed by atoms with Crippen molar-refractivity contribution < 1.29 is 9.66 Å². The molecular formula is C15H11ClN2O3. The van der Waals surface area contributed by atoms with E-state index in [1.807, 2.05) is 13.0 Å². The van der Waals surface area contributed by atoms with E-state index in [0.717, 1.165) is 12.0 Å². The average Bonchev–Trinajstić information content (AvgIpc) is 2.49. The first kappa shape index (κ1) is 14.8. The Morgan fingerprint density at radius 3 is 2.71 bits per heavy atom. The molecule has 2 aromatic carbocycles. The van der Waals surface area contributed by atoms with Crippen LogP contribution in [0.5, 0.6) is 11.5 Å². The molecule has 0 saturated carbocycles. The van der Waals surface area contributed by atoms with Gasteiger partial charge < -0.3 is 4.74 Å². The van der Waals surface area contributed by atoms with Gasteiger partial charge in [0, 0.05) is 11.1 Å². The summed E-state index contributed by atoms with van der Waals surface area (Å²) in [6.07, 6.45) is 0.728. The van der Waals surface area contributed by atoms with E-state index in [0.29, 0.717) is 10.8 Å². The molecule has 0 N–H and O–H groups in total. The minimum absolute atomic E-state index is 0.0865. The van der Waals surface area contributed by atoms with Crippen LogP contribution in [-0.4, -0.2) is 4.92 Å². The highest BCUT2D eigenvalue weighted by molar-refractivity contribution is 6.31. The van der Waals surface area contributed by atoms with E-state index in [4.69, 9.17) is 21.6 Å². The van der Waals surface area contributed by atoms with Crippen molar-refractivity contribution in [3.8, 4) is 17.6 Å². The number of rotatable bonds is 4. The molecule has 0 aliphatic heterocycles. The molecule has 5 nitrogen and oxygen atoms in total. The lowest BCUT2D eigenvalue weighted by Gasteiger charge is -2.08. The number of halogens is 1. The molecule has 0 atom stereocenters. The summed E-state index contributed by atoms with van der Waals surface area (Å²) >= 11 is 6.02. The van der Waals surface area contributed by atoms with Crippen molar-refractivity contribution in [2.24, 2.45) is 0 Å². The molecule has 2 aromatic rings. The van der Waals surface area contributed by atoms with Gasteiger partial charge in [0.15, 0.2) is 0 Å². The normalized spacial score (nSPS) is 9.95. The monoisotopic (exact) mass is 302 g/mol. The highest BCUT2D eigenvalue weighted by Gasteiger charge is 2.17. The Morgan fingerprint density at radius 2 is 2.10 bits per heavy atom. The van der Waals surface area contributed by atoms with Crippen LogP contribution in [0.1, 0.15) is 18.1 Å². The smallest absolute Gasteiger partial charge is 0.312 e. The molecule has 0 aliphatic carbocycles. The fourth-order valence-corrected chi connectivity index (χ4v) is 2.08. The van der Waals surface area contributed by atoms with Crippen molar-refractivity contribution in [1.29, 1.82) is 5.26 Å². The Morgan fingerprint density at radius 1 is 1.33 bits per heavy atom. The Balaban J connectivity index is 2.40. The van der Waals surface area contributed by atoms with Gasteiger partial charge >= 0.3 is 5.69 Å². The molecule has 0 fully saturated rings. The SMILES string of the molecule is CCc1cc(Oc2ccc(C#N)cc2[N+](=O)[O-])ccc1Cl. The second kappa shape index (κ2) is 6.25. The first-order valence-electron chi connectivity index (χ1n) is 6.20. The fraction of sp³-hybridized carbons (Fsp3) is 0.133. The van der Waals surface area contributed by atoms with E-state index in [9.17, 15) is 10.1 Å². The fourth-order valence-electron chi connectivity index (χ4n) is 1.83. The Bertz CT molecular complexity index is 738. The van der Waals surface area contributed by atoms with E-state index >= 15 is 0 Å². The molecule has 6 heteroatoms. The molecule has 0 heterocycles. The summed E-state index contributed by atoms with van der Waals surface area (Å²) in [4.78, 5) is 10.5. The lowest BCUT2D eigenvalue weighted by Crippen LogP contribution is -1.95. The van der Waals surface area contributed by atoms with Gasteiger partial charge in [-0.2, -0.15) is 5.26 Å². The lowest BCUT2D eigenvalue weighted by atomic mass is 10.1. The van der Waals surface area contributed by atoms with Gasteiger partial charge in [-0.05, 0) is 42.3 Å². The zero-order chi connectivity index (χ0) is 15.4.